The molecule has 0 radical (unpaired) electrons. The van der Waals surface area contributed by atoms with Crippen LogP contribution in [-0.4, -0.2) is 31.9 Å². The van der Waals surface area contributed by atoms with Gasteiger partial charge in [0.25, 0.3) is 5.91 Å². The summed E-state index contributed by atoms with van der Waals surface area (Å²) in [5, 5.41) is 2.63. The molecule has 7 heteroatoms. The van der Waals surface area contributed by atoms with Crippen molar-refractivity contribution in [2.45, 2.75) is 0 Å². The van der Waals surface area contributed by atoms with Crippen molar-refractivity contribution in [3.05, 3.63) is 72.8 Å². The van der Waals surface area contributed by atoms with E-state index in [2.05, 4.69) is 5.32 Å². The predicted octanol–water partition coefficient (Wildman–Crippen LogP) is 3.64. The Bertz CT molecular complexity index is 1030. The van der Waals surface area contributed by atoms with Gasteiger partial charge in [-0.25, -0.2) is 4.79 Å². The zero-order chi connectivity index (χ0) is 20.8. The molecule has 0 aromatic heterocycles. The second-order valence-corrected chi connectivity index (χ2v) is 6.46. The SMILES string of the molecule is O=C(COC(=O)COc1ccc(-c2ccccc2)cc1)Nc1ccc2c(c1)OCO2. The van der Waals surface area contributed by atoms with E-state index in [4.69, 9.17) is 18.9 Å². The molecule has 1 aliphatic heterocycles. The van der Waals surface area contributed by atoms with Gasteiger partial charge in [0.05, 0.1) is 0 Å². The van der Waals surface area contributed by atoms with Crippen molar-refractivity contribution in [1.82, 2.24) is 0 Å². The molecule has 30 heavy (non-hydrogen) atoms. The van der Waals surface area contributed by atoms with Crippen LogP contribution in [0.3, 0.4) is 0 Å². The molecule has 0 saturated carbocycles. The van der Waals surface area contributed by atoms with E-state index in [1.54, 1.807) is 30.3 Å². The fourth-order valence-electron chi connectivity index (χ4n) is 2.88. The molecule has 0 bridgehead atoms. The van der Waals surface area contributed by atoms with Crippen molar-refractivity contribution in [2.75, 3.05) is 25.3 Å². The molecular formula is C23H19NO6. The van der Waals surface area contributed by atoms with E-state index in [0.29, 0.717) is 22.9 Å². The van der Waals surface area contributed by atoms with Crippen LogP contribution in [0.4, 0.5) is 5.69 Å². The summed E-state index contributed by atoms with van der Waals surface area (Å²) in [7, 11) is 0. The number of hydrogen-bond donors (Lipinski definition) is 1. The summed E-state index contributed by atoms with van der Waals surface area (Å²) >= 11 is 0. The Morgan fingerprint density at radius 1 is 0.833 bits per heavy atom. The highest BCUT2D eigenvalue weighted by Gasteiger charge is 2.15. The van der Waals surface area contributed by atoms with Gasteiger partial charge < -0.3 is 24.3 Å². The van der Waals surface area contributed by atoms with Gasteiger partial charge in [-0.15, -0.1) is 0 Å². The lowest BCUT2D eigenvalue weighted by Crippen LogP contribution is -2.23. The summed E-state index contributed by atoms with van der Waals surface area (Å²) in [6.07, 6.45) is 0. The molecule has 1 heterocycles. The van der Waals surface area contributed by atoms with Crippen LogP contribution in [0.2, 0.25) is 0 Å². The lowest BCUT2D eigenvalue weighted by Gasteiger charge is -2.09. The van der Waals surface area contributed by atoms with Crippen LogP contribution in [0.1, 0.15) is 0 Å². The van der Waals surface area contributed by atoms with Crippen LogP contribution in [0.15, 0.2) is 72.8 Å². The molecule has 7 nitrogen and oxygen atoms in total. The predicted molar refractivity (Wildman–Crippen MR) is 110 cm³/mol. The topological polar surface area (TPSA) is 83.1 Å². The number of nitrogens with one attached hydrogen (secondary N) is 1. The molecule has 0 saturated heterocycles. The van der Waals surface area contributed by atoms with E-state index in [1.807, 2.05) is 42.5 Å². The Hall–Kier alpha value is -4.00. The fourth-order valence-corrected chi connectivity index (χ4v) is 2.88. The van der Waals surface area contributed by atoms with E-state index in [0.717, 1.165) is 11.1 Å². The third kappa shape index (κ3) is 4.88. The standard InChI is InChI=1S/C23H19NO6/c25-22(24-18-8-11-20-21(12-18)30-15-29-20)13-28-23(26)14-27-19-9-6-17(7-10-19)16-4-2-1-3-5-16/h1-12H,13-15H2,(H,24,25). The number of anilines is 1. The quantitative estimate of drug-likeness (QED) is 0.605. The average Bonchev–Trinajstić information content (AvgIpc) is 3.25. The lowest BCUT2D eigenvalue weighted by molar-refractivity contribution is -0.149. The van der Waals surface area contributed by atoms with Gasteiger partial charge >= 0.3 is 5.97 Å². The zero-order valence-electron chi connectivity index (χ0n) is 16.0. The van der Waals surface area contributed by atoms with Crippen LogP contribution >= 0.6 is 0 Å². The highest BCUT2D eigenvalue weighted by Crippen LogP contribution is 2.34. The van der Waals surface area contributed by atoms with Crippen molar-refractivity contribution in [3.8, 4) is 28.4 Å². The number of esters is 1. The molecule has 0 atom stereocenters. The first-order valence-electron chi connectivity index (χ1n) is 9.31. The smallest absolute Gasteiger partial charge is 0.344 e. The molecule has 3 aromatic rings. The molecule has 0 unspecified atom stereocenters. The van der Waals surface area contributed by atoms with Gasteiger partial charge in [-0.2, -0.15) is 0 Å². The van der Waals surface area contributed by atoms with Crippen molar-refractivity contribution in [3.63, 3.8) is 0 Å². The first kappa shape index (κ1) is 19.3. The van der Waals surface area contributed by atoms with Crippen LogP contribution < -0.4 is 19.5 Å². The Balaban J connectivity index is 1.21. The first-order valence-corrected chi connectivity index (χ1v) is 9.31. The minimum absolute atomic E-state index is 0.152. The Morgan fingerprint density at radius 3 is 2.37 bits per heavy atom. The largest absolute Gasteiger partial charge is 0.482 e. The van der Waals surface area contributed by atoms with E-state index < -0.39 is 18.5 Å². The molecular weight excluding hydrogens is 386 g/mol. The van der Waals surface area contributed by atoms with Crippen LogP contribution in [0.25, 0.3) is 11.1 Å². The van der Waals surface area contributed by atoms with Crippen molar-refractivity contribution >= 4 is 17.6 Å². The number of amides is 1. The summed E-state index contributed by atoms with van der Waals surface area (Å²) in [4.78, 5) is 23.8. The molecule has 0 spiro atoms. The highest BCUT2D eigenvalue weighted by atomic mass is 16.7. The number of carbonyl (C=O) groups is 2. The van der Waals surface area contributed by atoms with Crippen LogP contribution in [0, 0.1) is 0 Å². The second-order valence-electron chi connectivity index (χ2n) is 6.46. The monoisotopic (exact) mass is 405 g/mol. The van der Waals surface area contributed by atoms with Gasteiger partial charge in [-0.1, -0.05) is 42.5 Å². The molecule has 152 valence electrons. The van der Waals surface area contributed by atoms with Gasteiger partial charge in [0.2, 0.25) is 6.79 Å². The average molecular weight is 405 g/mol. The van der Waals surface area contributed by atoms with Crippen molar-refractivity contribution in [2.24, 2.45) is 0 Å². The van der Waals surface area contributed by atoms with Gasteiger partial charge in [0, 0.05) is 11.8 Å². The normalized spacial score (nSPS) is 11.6. The fraction of sp³-hybridized carbons (Fsp3) is 0.130. The zero-order valence-corrected chi connectivity index (χ0v) is 16.0. The molecule has 1 N–H and O–H groups in total. The molecule has 3 aromatic carbocycles. The summed E-state index contributed by atoms with van der Waals surface area (Å²) < 4.78 is 20.8. The molecule has 1 amide bonds. The molecule has 4 rings (SSSR count). The number of fused-ring (bicyclic) bond motifs is 1. The number of carbonyl (C=O) groups excluding carboxylic acids is 2. The number of benzene rings is 3. The van der Waals surface area contributed by atoms with E-state index in [1.165, 1.54) is 0 Å². The molecule has 0 fully saturated rings. The van der Waals surface area contributed by atoms with Crippen LogP contribution in [-0.2, 0) is 14.3 Å². The second kappa shape index (κ2) is 9.00. The van der Waals surface area contributed by atoms with Crippen molar-refractivity contribution in [1.29, 1.82) is 0 Å². The van der Waals surface area contributed by atoms with E-state index in [-0.39, 0.29) is 13.4 Å². The minimum atomic E-state index is -0.636. The molecule has 1 aliphatic rings. The number of hydrogen-bond acceptors (Lipinski definition) is 6. The summed E-state index contributed by atoms with van der Waals surface area (Å²) in [5.74, 6) is 0.610. The van der Waals surface area contributed by atoms with E-state index in [9.17, 15) is 9.59 Å². The summed E-state index contributed by atoms with van der Waals surface area (Å²) in [5.41, 5.74) is 2.66. The number of ether oxygens (including phenoxy) is 4. The molecule has 0 aliphatic carbocycles. The third-order valence-electron chi connectivity index (χ3n) is 4.34. The highest BCUT2D eigenvalue weighted by molar-refractivity contribution is 5.93. The Kier molecular flexibility index (Phi) is 5.80. The lowest BCUT2D eigenvalue weighted by atomic mass is 10.1. The maximum Gasteiger partial charge on any atom is 0.344 e. The van der Waals surface area contributed by atoms with Crippen LogP contribution in [0.5, 0.6) is 17.2 Å². The van der Waals surface area contributed by atoms with Gasteiger partial charge in [-0.05, 0) is 35.4 Å². The Morgan fingerprint density at radius 2 is 1.57 bits per heavy atom. The third-order valence-corrected chi connectivity index (χ3v) is 4.34. The van der Waals surface area contributed by atoms with E-state index >= 15 is 0 Å². The maximum absolute atomic E-state index is 12.0. The maximum atomic E-state index is 12.0. The van der Waals surface area contributed by atoms with Gasteiger partial charge in [-0.3, -0.25) is 4.79 Å². The Labute approximate surface area is 173 Å². The van der Waals surface area contributed by atoms with Gasteiger partial charge in [0.15, 0.2) is 24.7 Å². The minimum Gasteiger partial charge on any atom is -0.482 e. The summed E-state index contributed by atoms with van der Waals surface area (Å²) in [6.45, 7) is -0.551. The van der Waals surface area contributed by atoms with Gasteiger partial charge in [0.1, 0.15) is 5.75 Å². The summed E-state index contributed by atoms with van der Waals surface area (Å²) in [6, 6.07) is 22.3. The first-order chi connectivity index (χ1) is 14.7. The van der Waals surface area contributed by atoms with Crippen molar-refractivity contribution < 1.29 is 28.5 Å². The number of rotatable bonds is 7.